The minimum Gasteiger partial charge on any atom is -0.508 e. The van der Waals surface area contributed by atoms with Crippen LogP contribution in [0.3, 0.4) is 0 Å². The van der Waals surface area contributed by atoms with Crippen molar-refractivity contribution in [1.82, 2.24) is 15.1 Å². The van der Waals surface area contributed by atoms with Gasteiger partial charge in [0.25, 0.3) is 0 Å². The summed E-state index contributed by atoms with van der Waals surface area (Å²) in [7, 11) is 0. The topological polar surface area (TPSA) is 55.8 Å². The zero-order valence-electron chi connectivity index (χ0n) is 13.9. The Labute approximate surface area is 138 Å². The van der Waals surface area contributed by atoms with Crippen LogP contribution in [0, 0.1) is 5.92 Å². The van der Waals surface area contributed by atoms with E-state index in [2.05, 4.69) is 17.1 Å². The van der Waals surface area contributed by atoms with Crippen LogP contribution in [-0.2, 0) is 4.79 Å². The van der Waals surface area contributed by atoms with E-state index in [0.29, 0.717) is 5.92 Å². The Balaban J connectivity index is 1.87. The number of nitrogens with zero attached hydrogens (tertiary/aromatic N) is 2. The van der Waals surface area contributed by atoms with Gasteiger partial charge in [0.05, 0.1) is 0 Å². The van der Waals surface area contributed by atoms with Crippen molar-refractivity contribution in [2.75, 3.05) is 39.3 Å². The van der Waals surface area contributed by atoms with Gasteiger partial charge in [-0.05, 0) is 43.0 Å². The summed E-state index contributed by atoms with van der Waals surface area (Å²) in [5.74, 6) is 1.01. The molecular formula is C18H27N3O2. The molecule has 1 aromatic carbocycles. The molecule has 0 spiro atoms. The van der Waals surface area contributed by atoms with Crippen molar-refractivity contribution in [3.63, 3.8) is 0 Å². The maximum absolute atomic E-state index is 13.2. The van der Waals surface area contributed by atoms with Gasteiger partial charge in [0.1, 0.15) is 11.8 Å². The van der Waals surface area contributed by atoms with Crippen LogP contribution in [0.15, 0.2) is 24.3 Å². The molecular weight excluding hydrogens is 290 g/mol. The van der Waals surface area contributed by atoms with Crippen molar-refractivity contribution in [2.24, 2.45) is 5.92 Å². The highest BCUT2D eigenvalue weighted by atomic mass is 16.3. The Morgan fingerprint density at radius 3 is 2.78 bits per heavy atom. The third-order valence-corrected chi connectivity index (χ3v) is 4.90. The first-order valence-electron chi connectivity index (χ1n) is 8.67. The number of benzene rings is 1. The van der Waals surface area contributed by atoms with Crippen molar-refractivity contribution in [2.45, 2.75) is 25.8 Å². The number of phenolic OH excluding ortho intramolecular Hbond substituents is 1. The van der Waals surface area contributed by atoms with E-state index in [1.54, 1.807) is 12.1 Å². The van der Waals surface area contributed by atoms with Gasteiger partial charge in [-0.25, -0.2) is 0 Å². The number of carbonyl (C=O) groups excluding carboxylic acids is 1. The van der Waals surface area contributed by atoms with E-state index in [-0.39, 0.29) is 17.7 Å². The number of amides is 1. The molecule has 0 radical (unpaired) electrons. The lowest BCUT2D eigenvalue weighted by molar-refractivity contribution is -0.138. The SMILES string of the molecule is CC1CCCN(C(C(=O)N2CCNCC2)c2cccc(O)c2)C1. The van der Waals surface area contributed by atoms with E-state index in [0.717, 1.165) is 51.3 Å². The van der Waals surface area contributed by atoms with Gasteiger partial charge in [-0.15, -0.1) is 0 Å². The fraction of sp³-hybridized carbons (Fsp3) is 0.611. The van der Waals surface area contributed by atoms with Crippen LogP contribution in [0.4, 0.5) is 0 Å². The number of carbonyl (C=O) groups is 1. The van der Waals surface area contributed by atoms with Crippen molar-refractivity contribution < 1.29 is 9.90 Å². The predicted molar refractivity (Wildman–Crippen MR) is 90.3 cm³/mol. The molecule has 2 N–H and O–H groups in total. The average Bonchev–Trinajstić information content (AvgIpc) is 2.56. The van der Waals surface area contributed by atoms with Gasteiger partial charge >= 0.3 is 0 Å². The Hall–Kier alpha value is -1.59. The molecule has 126 valence electrons. The van der Waals surface area contributed by atoms with E-state index in [4.69, 9.17) is 0 Å². The van der Waals surface area contributed by atoms with Crippen molar-refractivity contribution >= 4 is 5.91 Å². The van der Waals surface area contributed by atoms with Gasteiger partial charge in [0, 0.05) is 32.7 Å². The first-order valence-corrected chi connectivity index (χ1v) is 8.67. The number of nitrogens with one attached hydrogen (secondary N) is 1. The molecule has 2 aliphatic rings. The van der Waals surface area contributed by atoms with Crippen LogP contribution < -0.4 is 5.32 Å². The number of phenols is 1. The molecule has 3 rings (SSSR count). The molecule has 2 unspecified atom stereocenters. The molecule has 1 aromatic rings. The number of rotatable bonds is 3. The zero-order valence-corrected chi connectivity index (χ0v) is 13.9. The molecule has 2 heterocycles. The van der Waals surface area contributed by atoms with Crippen molar-refractivity contribution in [3.05, 3.63) is 29.8 Å². The van der Waals surface area contributed by atoms with E-state index >= 15 is 0 Å². The molecule has 0 aliphatic carbocycles. The molecule has 2 atom stereocenters. The lowest BCUT2D eigenvalue weighted by atomic mass is 9.95. The molecule has 0 bridgehead atoms. The lowest BCUT2D eigenvalue weighted by Gasteiger charge is -2.40. The van der Waals surface area contributed by atoms with Crippen molar-refractivity contribution in [1.29, 1.82) is 0 Å². The Bertz CT molecular complexity index is 543. The van der Waals surface area contributed by atoms with E-state index in [1.165, 1.54) is 6.42 Å². The molecule has 2 saturated heterocycles. The highest BCUT2D eigenvalue weighted by molar-refractivity contribution is 5.83. The number of likely N-dealkylation sites (tertiary alicyclic amines) is 1. The first kappa shape index (κ1) is 16.3. The zero-order chi connectivity index (χ0) is 16.2. The third kappa shape index (κ3) is 3.85. The largest absolute Gasteiger partial charge is 0.508 e. The number of piperidine rings is 1. The Kier molecular flexibility index (Phi) is 5.18. The van der Waals surface area contributed by atoms with E-state index in [1.807, 2.05) is 17.0 Å². The van der Waals surface area contributed by atoms with Crippen LogP contribution in [0.1, 0.15) is 31.4 Å². The minimum atomic E-state index is -0.275. The van der Waals surface area contributed by atoms with Crippen molar-refractivity contribution in [3.8, 4) is 5.75 Å². The van der Waals surface area contributed by atoms with Gasteiger partial charge in [0.2, 0.25) is 5.91 Å². The second-order valence-electron chi connectivity index (χ2n) is 6.82. The smallest absolute Gasteiger partial charge is 0.244 e. The molecule has 2 aliphatic heterocycles. The summed E-state index contributed by atoms with van der Waals surface area (Å²) in [6, 6.07) is 6.92. The lowest BCUT2D eigenvalue weighted by Crippen LogP contribution is -2.52. The normalized spacial score (nSPS) is 24.4. The Morgan fingerprint density at radius 1 is 1.30 bits per heavy atom. The molecule has 5 nitrogen and oxygen atoms in total. The summed E-state index contributed by atoms with van der Waals surface area (Å²) in [4.78, 5) is 17.5. The molecule has 0 aromatic heterocycles. The number of hydrogen-bond acceptors (Lipinski definition) is 4. The highest BCUT2D eigenvalue weighted by Gasteiger charge is 2.34. The van der Waals surface area contributed by atoms with Crippen LogP contribution >= 0.6 is 0 Å². The maximum atomic E-state index is 13.2. The number of aromatic hydroxyl groups is 1. The molecule has 0 saturated carbocycles. The van der Waals surface area contributed by atoms with Gasteiger partial charge < -0.3 is 15.3 Å². The number of hydrogen-bond donors (Lipinski definition) is 2. The van der Waals surface area contributed by atoms with Gasteiger partial charge in [-0.1, -0.05) is 19.1 Å². The van der Waals surface area contributed by atoms with Crippen LogP contribution in [-0.4, -0.2) is 60.1 Å². The summed E-state index contributed by atoms with van der Waals surface area (Å²) in [6.45, 7) is 7.38. The fourth-order valence-corrected chi connectivity index (χ4v) is 3.72. The third-order valence-electron chi connectivity index (χ3n) is 4.90. The van der Waals surface area contributed by atoms with Gasteiger partial charge in [-0.2, -0.15) is 0 Å². The Morgan fingerprint density at radius 2 is 2.09 bits per heavy atom. The predicted octanol–water partition coefficient (Wildman–Crippen LogP) is 1.60. The van der Waals surface area contributed by atoms with E-state index in [9.17, 15) is 9.90 Å². The second kappa shape index (κ2) is 7.32. The van der Waals surface area contributed by atoms with Crippen LogP contribution in [0.2, 0.25) is 0 Å². The standard InChI is InChI=1S/C18H27N3O2/c1-14-4-3-9-21(13-14)17(15-5-2-6-16(22)12-15)18(23)20-10-7-19-8-11-20/h2,5-6,12,14,17,19,22H,3-4,7-11,13H2,1H3. The summed E-state index contributed by atoms with van der Waals surface area (Å²) in [5, 5.41) is 13.1. The van der Waals surface area contributed by atoms with Gasteiger partial charge in [0.15, 0.2) is 0 Å². The second-order valence-corrected chi connectivity index (χ2v) is 6.82. The maximum Gasteiger partial charge on any atom is 0.244 e. The molecule has 2 fully saturated rings. The van der Waals surface area contributed by atoms with Crippen LogP contribution in [0.5, 0.6) is 5.75 Å². The molecule has 23 heavy (non-hydrogen) atoms. The molecule has 5 heteroatoms. The van der Waals surface area contributed by atoms with Crippen LogP contribution in [0.25, 0.3) is 0 Å². The summed E-state index contributed by atoms with van der Waals surface area (Å²) in [5.41, 5.74) is 0.905. The summed E-state index contributed by atoms with van der Waals surface area (Å²) < 4.78 is 0. The minimum absolute atomic E-state index is 0.172. The quantitative estimate of drug-likeness (QED) is 0.889. The average molecular weight is 317 g/mol. The monoisotopic (exact) mass is 317 g/mol. The highest BCUT2D eigenvalue weighted by Crippen LogP contribution is 2.30. The fourth-order valence-electron chi connectivity index (χ4n) is 3.72. The first-order chi connectivity index (χ1) is 11.1. The van der Waals surface area contributed by atoms with E-state index < -0.39 is 0 Å². The summed E-state index contributed by atoms with van der Waals surface area (Å²) >= 11 is 0. The summed E-state index contributed by atoms with van der Waals surface area (Å²) in [6.07, 6.45) is 2.36. The molecule has 1 amide bonds. The number of piperazine rings is 1. The van der Waals surface area contributed by atoms with Gasteiger partial charge in [-0.3, -0.25) is 9.69 Å².